The molecule has 1 aromatic carbocycles. The van der Waals surface area contributed by atoms with Gasteiger partial charge in [-0.15, -0.1) is 0 Å². The molecule has 0 aromatic heterocycles. The van der Waals surface area contributed by atoms with Crippen LogP contribution < -0.4 is 10.1 Å². The van der Waals surface area contributed by atoms with Crippen LogP contribution in [-0.2, 0) is 9.59 Å². The van der Waals surface area contributed by atoms with E-state index >= 15 is 0 Å². The molecule has 1 aliphatic rings. The number of amides is 1. The molecule has 2 N–H and O–H groups in total. The number of rotatable bonds is 5. The highest BCUT2D eigenvalue weighted by Crippen LogP contribution is 2.27. The molecule has 6 heteroatoms. The van der Waals surface area contributed by atoms with Crippen LogP contribution >= 0.6 is 0 Å². The predicted molar refractivity (Wildman–Crippen MR) is 79.2 cm³/mol. The number of carboxylic acid groups (broad SMARTS) is 1. The normalized spacial score (nSPS) is 20.0. The summed E-state index contributed by atoms with van der Waals surface area (Å²) in [5.74, 6) is -1.99. The lowest BCUT2D eigenvalue weighted by molar-refractivity contribution is -0.146. The third-order valence-corrected chi connectivity index (χ3v) is 3.51. The molecule has 6 nitrogen and oxygen atoms in total. The molecule has 0 aliphatic heterocycles. The van der Waals surface area contributed by atoms with Crippen LogP contribution in [0.1, 0.15) is 12.8 Å². The maximum atomic E-state index is 12.3. The molecule has 0 saturated carbocycles. The van der Waals surface area contributed by atoms with Gasteiger partial charge in [-0.2, -0.15) is 5.26 Å². The number of nitrogens with one attached hydrogen (secondary N) is 1. The maximum Gasteiger partial charge on any atom is 0.307 e. The number of ether oxygens (including phenoxy) is 1. The molecule has 2 rings (SSSR count). The number of anilines is 1. The van der Waals surface area contributed by atoms with Crippen LogP contribution in [0.5, 0.6) is 5.75 Å². The second-order valence-corrected chi connectivity index (χ2v) is 4.95. The van der Waals surface area contributed by atoms with Gasteiger partial charge >= 0.3 is 5.97 Å². The largest absolute Gasteiger partial charge is 0.481 e. The first-order chi connectivity index (χ1) is 10.6. The van der Waals surface area contributed by atoms with Gasteiger partial charge in [-0.25, -0.2) is 0 Å². The van der Waals surface area contributed by atoms with Crippen LogP contribution in [0.25, 0.3) is 0 Å². The number of carbonyl (C=O) groups is 2. The van der Waals surface area contributed by atoms with E-state index in [2.05, 4.69) is 5.32 Å². The van der Waals surface area contributed by atoms with E-state index in [1.54, 1.807) is 30.3 Å². The molecule has 0 heterocycles. The van der Waals surface area contributed by atoms with Gasteiger partial charge in [0.1, 0.15) is 11.8 Å². The summed E-state index contributed by atoms with van der Waals surface area (Å²) >= 11 is 0. The van der Waals surface area contributed by atoms with Crippen molar-refractivity contribution in [3.8, 4) is 11.8 Å². The van der Waals surface area contributed by atoms with Crippen LogP contribution in [0.4, 0.5) is 5.69 Å². The Hall–Kier alpha value is -2.81. The number of nitrogens with zero attached hydrogens (tertiary/aromatic N) is 1. The van der Waals surface area contributed by atoms with Gasteiger partial charge in [0.05, 0.1) is 11.8 Å². The summed E-state index contributed by atoms with van der Waals surface area (Å²) in [6.45, 7) is -0.0413. The SMILES string of the molecule is N#CCOc1ccc(NC(=O)[C@H]2CC=CC[C@H]2C(=O)O)cc1. The Morgan fingerprint density at radius 3 is 2.45 bits per heavy atom. The van der Waals surface area contributed by atoms with Crippen molar-refractivity contribution >= 4 is 17.6 Å². The molecular weight excluding hydrogens is 284 g/mol. The fourth-order valence-corrected chi connectivity index (χ4v) is 2.36. The summed E-state index contributed by atoms with van der Waals surface area (Å²) in [6, 6.07) is 8.45. The van der Waals surface area contributed by atoms with Gasteiger partial charge in [-0.1, -0.05) is 12.2 Å². The van der Waals surface area contributed by atoms with Gasteiger partial charge in [0.25, 0.3) is 0 Å². The molecule has 0 bridgehead atoms. The van der Waals surface area contributed by atoms with Crippen molar-refractivity contribution in [3.63, 3.8) is 0 Å². The van der Waals surface area contributed by atoms with E-state index < -0.39 is 17.8 Å². The molecule has 0 fully saturated rings. The summed E-state index contributed by atoms with van der Waals surface area (Å²) in [7, 11) is 0. The quantitative estimate of drug-likeness (QED) is 0.812. The van der Waals surface area contributed by atoms with Crippen LogP contribution in [0.15, 0.2) is 36.4 Å². The average molecular weight is 300 g/mol. The van der Waals surface area contributed by atoms with Crippen LogP contribution in [-0.4, -0.2) is 23.6 Å². The number of aliphatic carboxylic acids is 1. The molecule has 0 radical (unpaired) electrons. The van der Waals surface area contributed by atoms with E-state index in [4.69, 9.17) is 10.00 Å². The third-order valence-electron chi connectivity index (χ3n) is 3.51. The number of benzene rings is 1. The Morgan fingerprint density at radius 1 is 1.23 bits per heavy atom. The molecule has 0 saturated heterocycles. The Kier molecular flexibility index (Phi) is 5.15. The fraction of sp³-hybridized carbons (Fsp3) is 0.312. The van der Waals surface area contributed by atoms with E-state index in [9.17, 15) is 14.7 Å². The molecule has 114 valence electrons. The lowest BCUT2D eigenvalue weighted by atomic mass is 9.82. The number of allylic oxidation sites excluding steroid dienone is 2. The highest BCUT2D eigenvalue weighted by Gasteiger charge is 2.33. The Labute approximate surface area is 128 Å². The summed E-state index contributed by atoms with van der Waals surface area (Å²) in [6.07, 6.45) is 4.42. The first-order valence-electron chi connectivity index (χ1n) is 6.90. The van der Waals surface area contributed by atoms with Gasteiger partial charge in [-0.3, -0.25) is 9.59 Å². The molecule has 22 heavy (non-hydrogen) atoms. The fourth-order valence-electron chi connectivity index (χ4n) is 2.36. The summed E-state index contributed by atoms with van der Waals surface area (Å²) < 4.78 is 5.12. The number of hydrogen-bond acceptors (Lipinski definition) is 4. The summed E-state index contributed by atoms with van der Waals surface area (Å²) in [4.78, 5) is 23.5. The van der Waals surface area contributed by atoms with Crippen LogP contribution in [0, 0.1) is 23.2 Å². The van der Waals surface area contributed by atoms with Gasteiger partial charge in [0.2, 0.25) is 5.91 Å². The topological polar surface area (TPSA) is 99.4 Å². The summed E-state index contributed by atoms with van der Waals surface area (Å²) in [5.41, 5.74) is 0.563. The van der Waals surface area contributed by atoms with Crippen molar-refractivity contribution < 1.29 is 19.4 Å². The monoisotopic (exact) mass is 300 g/mol. The third kappa shape index (κ3) is 3.85. The van der Waals surface area contributed by atoms with E-state index in [1.165, 1.54) is 0 Å². The van der Waals surface area contributed by atoms with E-state index in [-0.39, 0.29) is 12.5 Å². The van der Waals surface area contributed by atoms with Gasteiger partial charge in [0, 0.05) is 5.69 Å². The second-order valence-electron chi connectivity index (χ2n) is 4.95. The summed E-state index contributed by atoms with van der Waals surface area (Å²) in [5, 5.41) is 20.3. The number of nitriles is 1. The highest BCUT2D eigenvalue weighted by molar-refractivity contribution is 5.95. The number of carbonyl (C=O) groups excluding carboxylic acids is 1. The first kappa shape index (κ1) is 15.6. The predicted octanol–water partition coefficient (Wildman–Crippen LogP) is 2.19. The van der Waals surface area contributed by atoms with Crippen molar-refractivity contribution in [2.45, 2.75) is 12.8 Å². The molecule has 1 aliphatic carbocycles. The van der Waals surface area contributed by atoms with Crippen LogP contribution in [0.2, 0.25) is 0 Å². The molecule has 0 spiro atoms. The van der Waals surface area contributed by atoms with Crippen molar-refractivity contribution in [3.05, 3.63) is 36.4 Å². The second kappa shape index (κ2) is 7.27. The smallest absolute Gasteiger partial charge is 0.307 e. The zero-order chi connectivity index (χ0) is 15.9. The minimum absolute atomic E-state index is 0.0413. The Balaban J connectivity index is 2.00. The van der Waals surface area contributed by atoms with Crippen molar-refractivity contribution in [2.24, 2.45) is 11.8 Å². The van der Waals surface area contributed by atoms with Gasteiger partial charge < -0.3 is 15.2 Å². The molecule has 1 aromatic rings. The molecule has 2 atom stereocenters. The number of carboxylic acids is 1. The van der Waals surface area contributed by atoms with E-state index in [1.807, 2.05) is 12.1 Å². The van der Waals surface area contributed by atoms with Gasteiger partial charge in [-0.05, 0) is 37.1 Å². The maximum absolute atomic E-state index is 12.3. The Bertz CT molecular complexity index is 616. The van der Waals surface area contributed by atoms with E-state index in [0.717, 1.165) is 0 Å². The minimum atomic E-state index is -0.954. The van der Waals surface area contributed by atoms with Crippen LogP contribution in [0.3, 0.4) is 0 Å². The lowest BCUT2D eigenvalue weighted by Crippen LogP contribution is -2.34. The van der Waals surface area contributed by atoms with Crippen molar-refractivity contribution in [1.82, 2.24) is 0 Å². The standard InChI is InChI=1S/C16H16N2O4/c17-9-10-22-12-7-5-11(6-8-12)18-15(19)13-3-1-2-4-14(13)16(20)21/h1-2,5-8,13-14H,3-4,10H2,(H,18,19)(H,20,21)/t13-,14+/m0/s1. The van der Waals surface area contributed by atoms with Crippen molar-refractivity contribution in [1.29, 1.82) is 5.26 Å². The zero-order valence-corrected chi connectivity index (χ0v) is 11.9. The molecular formula is C16H16N2O4. The van der Waals surface area contributed by atoms with E-state index in [0.29, 0.717) is 24.3 Å². The molecule has 1 amide bonds. The zero-order valence-electron chi connectivity index (χ0n) is 11.9. The highest BCUT2D eigenvalue weighted by atomic mass is 16.5. The Morgan fingerprint density at radius 2 is 1.86 bits per heavy atom. The van der Waals surface area contributed by atoms with Crippen molar-refractivity contribution in [2.75, 3.05) is 11.9 Å². The first-order valence-corrected chi connectivity index (χ1v) is 6.90. The number of hydrogen-bond donors (Lipinski definition) is 2. The average Bonchev–Trinajstić information content (AvgIpc) is 2.54. The molecule has 0 unspecified atom stereocenters. The lowest BCUT2D eigenvalue weighted by Gasteiger charge is -2.24. The minimum Gasteiger partial charge on any atom is -0.481 e. The van der Waals surface area contributed by atoms with Gasteiger partial charge in [0.15, 0.2) is 6.61 Å².